The SMILES string of the molecule is Cc1cc2c(=O)n(Cc3ccccc3Cl)cnc2[nH]1. The third-order valence-electron chi connectivity index (χ3n) is 3.05. The zero-order valence-electron chi connectivity index (χ0n) is 10.4. The van der Waals surface area contributed by atoms with E-state index in [1.54, 1.807) is 10.9 Å². The number of aromatic nitrogens is 3. The van der Waals surface area contributed by atoms with Crippen LogP contribution in [0.4, 0.5) is 0 Å². The summed E-state index contributed by atoms with van der Waals surface area (Å²) in [5, 5.41) is 1.26. The number of H-pyrrole nitrogens is 1. The van der Waals surface area contributed by atoms with Crippen molar-refractivity contribution in [3.8, 4) is 0 Å². The maximum absolute atomic E-state index is 12.3. The first-order chi connectivity index (χ1) is 9.15. The highest BCUT2D eigenvalue weighted by Crippen LogP contribution is 2.16. The fraction of sp³-hybridized carbons (Fsp3) is 0.143. The van der Waals surface area contributed by atoms with Gasteiger partial charge in [-0.2, -0.15) is 0 Å². The molecule has 3 rings (SSSR count). The number of benzene rings is 1. The predicted molar refractivity (Wildman–Crippen MR) is 75.6 cm³/mol. The van der Waals surface area contributed by atoms with Crippen molar-refractivity contribution in [2.75, 3.05) is 0 Å². The molecule has 2 aromatic heterocycles. The van der Waals surface area contributed by atoms with E-state index < -0.39 is 0 Å². The van der Waals surface area contributed by atoms with Gasteiger partial charge in [-0.1, -0.05) is 29.8 Å². The van der Waals surface area contributed by atoms with Crippen LogP contribution in [0.1, 0.15) is 11.3 Å². The summed E-state index contributed by atoms with van der Waals surface area (Å²) in [6, 6.07) is 9.30. The molecule has 2 heterocycles. The Bertz CT molecular complexity index is 804. The van der Waals surface area contributed by atoms with E-state index in [0.717, 1.165) is 11.3 Å². The normalized spacial score (nSPS) is 11.1. The lowest BCUT2D eigenvalue weighted by molar-refractivity contribution is 0.748. The molecule has 0 aliphatic heterocycles. The van der Waals surface area contributed by atoms with Crippen molar-refractivity contribution in [2.45, 2.75) is 13.5 Å². The summed E-state index contributed by atoms with van der Waals surface area (Å²) in [5.41, 5.74) is 2.39. The van der Waals surface area contributed by atoms with E-state index in [1.165, 1.54) is 0 Å². The number of nitrogens with zero attached hydrogens (tertiary/aromatic N) is 2. The molecule has 4 nitrogen and oxygen atoms in total. The fourth-order valence-corrected chi connectivity index (χ4v) is 2.29. The van der Waals surface area contributed by atoms with Crippen LogP contribution in [-0.2, 0) is 6.54 Å². The number of rotatable bonds is 2. The molecule has 0 amide bonds. The van der Waals surface area contributed by atoms with Crippen LogP contribution in [0.2, 0.25) is 5.02 Å². The van der Waals surface area contributed by atoms with Crippen molar-refractivity contribution in [1.82, 2.24) is 14.5 Å². The molecule has 0 aliphatic rings. The molecule has 96 valence electrons. The van der Waals surface area contributed by atoms with E-state index >= 15 is 0 Å². The van der Waals surface area contributed by atoms with Crippen LogP contribution in [0.25, 0.3) is 11.0 Å². The highest BCUT2D eigenvalue weighted by molar-refractivity contribution is 6.31. The van der Waals surface area contributed by atoms with Gasteiger partial charge in [0.2, 0.25) is 0 Å². The average Bonchev–Trinajstić information content (AvgIpc) is 2.77. The molecule has 0 atom stereocenters. The van der Waals surface area contributed by atoms with E-state index in [-0.39, 0.29) is 5.56 Å². The molecule has 0 saturated heterocycles. The topological polar surface area (TPSA) is 50.7 Å². The third kappa shape index (κ3) is 2.15. The second-order valence-electron chi connectivity index (χ2n) is 4.48. The summed E-state index contributed by atoms with van der Waals surface area (Å²) < 4.78 is 1.57. The highest BCUT2D eigenvalue weighted by atomic mass is 35.5. The lowest BCUT2D eigenvalue weighted by Crippen LogP contribution is -2.20. The Kier molecular flexibility index (Phi) is 2.87. The molecular formula is C14H12ClN3O. The van der Waals surface area contributed by atoms with E-state index in [9.17, 15) is 4.79 Å². The Balaban J connectivity index is 2.09. The second-order valence-corrected chi connectivity index (χ2v) is 4.89. The summed E-state index contributed by atoms with van der Waals surface area (Å²) in [7, 11) is 0. The Morgan fingerprint density at radius 2 is 2.16 bits per heavy atom. The molecule has 0 bridgehead atoms. The van der Waals surface area contributed by atoms with Crippen LogP contribution in [0, 0.1) is 6.92 Å². The van der Waals surface area contributed by atoms with Gasteiger partial charge in [-0.05, 0) is 24.6 Å². The molecule has 0 unspecified atom stereocenters. The first kappa shape index (κ1) is 12.0. The Labute approximate surface area is 114 Å². The largest absolute Gasteiger partial charge is 0.343 e. The summed E-state index contributed by atoms with van der Waals surface area (Å²) in [4.78, 5) is 19.6. The number of halogens is 1. The maximum atomic E-state index is 12.3. The number of hydrogen-bond donors (Lipinski definition) is 1. The molecule has 0 radical (unpaired) electrons. The van der Waals surface area contributed by atoms with Gasteiger partial charge in [0, 0.05) is 10.7 Å². The highest BCUT2D eigenvalue weighted by Gasteiger charge is 2.08. The monoisotopic (exact) mass is 273 g/mol. The van der Waals surface area contributed by atoms with E-state index in [4.69, 9.17) is 11.6 Å². The van der Waals surface area contributed by atoms with Crippen molar-refractivity contribution in [3.63, 3.8) is 0 Å². The third-order valence-corrected chi connectivity index (χ3v) is 3.42. The van der Waals surface area contributed by atoms with Crippen LogP contribution >= 0.6 is 11.6 Å². The van der Waals surface area contributed by atoms with Crippen molar-refractivity contribution >= 4 is 22.6 Å². The molecule has 1 N–H and O–H groups in total. The fourth-order valence-electron chi connectivity index (χ4n) is 2.10. The van der Waals surface area contributed by atoms with Crippen LogP contribution < -0.4 is 5.56 Å². The lowest BCUT2D eigenvalue weighted by atomic mass is 10.2. The second kappa shape index (κ2) is 4.55. The van der Waals surface area contributed by atoms with Gasteiger partial charge in [-0.15, -0.1) is 0 Å². The van der Waals surface area contributed by atoms with Crippen molar-refractivity contribution in [3.05, 3.63) is 63.3 Å². The number of hydrogen-bond acceptors (Lipinski definition) is 2. The maximum Gasteiger partial charge on any atom is 0.263 e. The minimum absolute atomic E-state index is 0.0609. The van der Waals surface area contributed by atoms with Crippen molar-refractivity contribution < 1.29 is 0 Å². The average molecular weight is 274 g/mol. The van der Waals surface area contributed by atoms with Gasteiger partial charge in [0.25, 0.3) is 5.56 Å². The summed E-state index contributed by atoms with van der Waals surface area (Å²) in [6.45, 7) is 2.32. The molecule has 0 spiro atoms. The molecule has 1 aromatic carbocycles. The first-order valence-electron chi connectivity index (χ1n) is 5.93. The van der Waals surface area contributed by atoms with Crippen molar-refractivity contribution in [2.24, 2.45) is 0 Å². The van der Waals surface area contributed by atoms with E-state index in [1.807, 2.05) is 37.3 Å². The zero-order valence-corrected chi connectivity index (χ0v) is 11.1. The molecule has 0 fully saturated rings. The molecular weight excluding hydrogens is 262 g/mol. The van der Waals surface area contributed by atoms with Crippen molar-refractivity contribution in [1.29, 1.82) is 0 Å². The summed E-state index contributed by atoms with van der Waals surface area (Å²) in [5.74, 6) is 0. The van der Waals surface area contributed by atoms with Gasteiger partial charge in [0.1, 0.15) is 12.0 Å². The minimum atomic E-state index is -0.0609. The quantitative estimate of drug-likeness (QED) is 0.780. The number of fused-ring (bicyclic) bond motifs is 1. The van der Waals surface area contributed by atoms with Gasteiger partial charge in [0.05, 0.1) is 11.9 Å². The Morgan fingerprint density at radius 3 is 2.95 bits per heavy atom. The van der Waals surface area contributed by atoms with Crippen LogP contribution in [0.5, 0.6) is 0 Å². The van der Waals surface area contributed by atoms with Gasteiger partial charge in [-0.3, -0.25) is 9.36 Å². The van der Waals surface area contributed by atoms with E-state index in [0.29, 0.717) is 22.6 Å². The van der Waals surface area contributed by atoms with Gasteiger partial charge < -0.3 is 4.98 Å². The first-order valence-corrected chi connectivity index (χ1v) is 6.31. The van der Waals surface area contributed by atoms with Crippen LogP contribution in [-0.4, -0.2) is 14.5 Å². The number of aromatic amines is 1. The molecule has 3 aromatic rings. The predicted octanol–water partition coefficient (Wildman–Crippen LogP) is 2.73. The van der Waals surface area contributed by atoms with Gasteiger partial charge >= 0.3 is 0 Å². The Hall–Kier alpha value is -2.07. The molecule has 5 heteroatoms. The van der Waals surface area contributed by atoms with Crippen LogP contribution in [0.15, 0.2) is 41.5 Å². The smallest absolute Gasteiger partial charge is 0.263 e. The van der Waals surface area contributed by atoms with Gasteiger partial charge in [0.15, 0.2) is 0 Å². The standard InChI is InChI=1S/C14H12ClN3O/c1-9-6-11-13(17-9)16-8-18(14(11)19)7-10-4-2-3-5-12(10)15/h2-6,8,17H,7H2,1H3. The van der Waals surface area contributed by atoms with Gasteiger partial charge in [-0.25, -0.2) is 4.98 Å². The molecule has 0 saturated carbocycles. The van der Waals surface area contributed by atoms with Crippen LogP contribution in [0.3, 0.4) is 0 Å². The molecule has 19 heavy (non-hydrogen) atoms. The van der Waals surface area contributed by atoms with E-state index in [2.05, 4.69) is 9.97 Å². The molecule has 0 aliphatic carbocycles. The minimum Gasteiger partial charge on any atom is -0.343 e. The zero-order chi connectivity index (χ0) is 13.4. The number of aryl methyl sites for hydroxylation is 1. The number of nitrogens with one attached hydrogen (secondary N) is 1. The summed E-state index contributed by atoms with van der Waals surface area (Å²) >= 11 is 6.11. The lowest BCUT2D eigenvalue weighted by Gasteiger charge is -2.06. The Morgan fingerprint density at radius 1 is 1.37 bits per heavy atom. The summed E-state index contributed by atoms with van der Waals surface area (Å²) in [6.07, 6.45) is 1.55.